The third-order valence-corrected chi connectivity index (χ3v) is 5.46. The topological polar surface area (TPSA) is 40.6 Å². The largest absolute Gasteiger partial charge is 0.339 e. The van der Waals surface area contributed by atoms with Gasteiger partial charge in [-0.1, -0.05) is 53.5 Å². The molecule has 28 heavy (non-hydrogen) atoms. The van der Waals surface area contributed by atoms with Gasteiger partial charge in [0.05, 0.1) is 15.6 Å². The molecule has 0 bridgehead atoms. The van der Waals surface area contributed by atoms with Crippen LogP contribution in [0.4, 0.5) is 4.39 Å². The van der Waals surface area contributed by atoms with Gasteiger partial charge in [0, 0.05) is 32.6 Å². The Hall–Kier alpha value is -2.11. The van der Waals surface area contributed by atoms with Crippen LogP contribution in [0.5, 0.6) is 0 Å². The highest BCUT2D eigenvalue weighted by Crippen LogP contribution is 2.25. The van der Waals surface area contributed by atoms with E-state index >= 15 is 0 Å². The third kappa shape index (κ3) is 5.03. The van der Waals surface area contributed by atoms with E-state index in [1.807, 2.05) is 18.2 Å². The number of aryl methyl sites for hydroxylation is 1. The number of rotatable bonds is 5. The van der Waals surface area contributed by atoms with E-state index in [0.29, 0.717) is 32.6 Å². The highest BCUT2D eigenvalue weighted by atomic mass is 35.5. The summed E-state index contributed by atoms with van der Waals surface area (Å²) >= 11 is 11.7. The number of piperazine rings is 1. The zero-order valence-corrected chi connectivity index (χ0v) is 16.8. The molecule has 0 spiro atoms. The van der Waals surface area contributed by atoms with Crippen molar-refractivity contribution in [2.24, 2.45) is 0 Å². The second kappa shape index (κ2) is 9.39. The molecule has 1 aliphatic heterocycles. The number of hydrogen-bond acceptors (Lipinski definition) is 2. The fraction of sp³-hybridized carbons (Fsp3) is 0.333. The molecule has 1 heterocycles. The van der Waals surface area contributed by atoms with Crippen LogP contribution in [0.2, 0.25) is 10.0 Å². The van der Waals surface area contributed by atoms with Crippen molar-refractivity contribution in [2.45, 2.75) is 19.3 Å². The molecule has 3 rings (SSSR count). The Balaban J connectivity index is 1.49. The van der Waals surface area contributed by atoms with Gasteiger partial charge in [0.15, 0.2) is 0 Å². The van der Waals surface area contributed by atoms with Crippen LogP contribution >= 0.6 is 23.2 Å². The van der Waals surface area contributed by atoms with Crippen LogP contribution in [0.1, 0.15) is 28.8 Å². The molecule has 2 amide bonds. The van der Waals surface area contributed by atoms with Crippen molar-refractivity contribution in [3.05, 3.63) is 69.5 Å². The molecule has 7 heteroatoms. The summed E-state index contributed by atoms with van der Waals surface area (Å²) in [7, 11) is 0. The standard InChI is InChI=1S/C21H21Cl2FN2O2/c22-17-14-18(23)19(24)13-16(17)21(28)26-11-9-25(10-12-26)20(27)8-4-7-15-5-2-1-3-6-15/h1-3,5-6,13-14H,4,7-12H2. The van der Waals surface area contributed by atoms with Crippen molar-refractivity contribution < 1.29 is 14.0 Å². The van der Waals surface area contributed by atoms with Crippen LogP contribution in [0.15, 0.2) is 42.5 Å². The number of benzene rings is 2. The highest BCUT2D eigenvalue weighted by molar-refractivity contribution is 6.36. The second-order valence-corrected chi connectivity index (χ2v) is 7.57. The van der Waals surface area contributed by atoms with Crippen molar-refractivity contribution in [3.8, 4) is 0 Å². The summed E-state index contributed by atoms with van der Waals surface area (Å²) in [4.78, 5) is 28.4. The first-order chi connectivity index (χ1) is 13.5. The molecule has 0 atom stereocenters. The molecule has 0 aliphatic carbocycles. The Morgan fingerprint density at radius 3 is 2.25 bits per heavy atom. The number of carbonyl (C=O) groups excluding carboxylic acids is 2. The fourth-order valence-electron chi connectivity index (χ4n) is 3.26. The Morgan fingerprint density at radius 2 is 1.57 bits per heavy atom. The molecule has 0 radical (unpaired) electrons. The number of carbonyl (C=O) groups is 2. The maximum absolute atomic E-state index is 13.7. The summed E-state index contributed by atoms with van der Waals surface area (Å²) in [6, 6.07) is 12.4. The Morgan fingerprint density at radius 1 is 0.929 bits per heavy atom. The lowest BCUT2D eigenvalue weighted by Crippen LogP contribution is -2.50. The maximum Gasteiger partial charge on any atom is 0.255 e. The average molecular weight is 423 g/mol. The molecule has 2 aromatic rings. The molecular weight excluding hydrogens is 402 g/mol. The predicted molar refractivity (Wildman–Crippen MR) is 108 cm³/mol. The molecule has 4 nitrogen and oxygen atoms in total. The predicted octanol–water partition coefficient (Wildman–Crippen LogP) is 4.44. The van der Waals surface area contributed by atoms with E-state index in [4.69, 9.17) is 23.2 Å². The Bertz CT molecular complexity index is 853. The van der Waals surface area contributed by atoms with Crippen LogP contribution in [0, 0.1) is 5.82 Å². The van der Waals surface area contributed by atoms with Crippen LogP contribution in [0.3, 0.4) is 0 Å². The molecular formula is C21H21Cl2FN2O2. The maximum atomic E-state index is 13.7. The van der Waals surface area contributed by atoms with E-state index in [-0.39, 0.29) is 27.4 Å². The molecule has 1 fully saturated rings. The fourth-order valence-corrected chi connectivity index (χ4v) is 3.73. The van der Waals surface area contributed by atoms with Gasteiger partial charge in [0.1, 0.15) is 5.82 Å². The summed E-state index contributed by atoms with van der Waals surface area (Å²) < 4.78 is 13.7. The van der Waals surface area contributed by atoms with Gasteiger partial charge in [-0.15, -0.1) is 0 Å². The van der Waals surface area contributed by atoms with Crippen LogP contribution in [-0.4, -0.2) is 47.8 Å². The lowest BCUT2D eigenvalue weighted by molar-refractivity contribution is -0.132. The minimum absolute atomic E-state index is 0.0891. The summed E-state index contributed by atoms with van der Waals surface area (Å²) in [5, 5.41) is 0.00304. The van der Waals surface area contributed by atoms with Crippen molar-refractivity contribution in [3.63, 3.8) is 0 Å². The van der Waals surface area contributed by atoms with Crippen LogP contribution in [0.25, 0.3) is 0 Å². The summed E-state index contributed by atoms with van der Waals surface area (Å²) in [5.74, 6) is -0.933. The minimum atomic E-state index is -0.679. The van der Waals surface area contributed by atoms with Crippen molar-refractivity contribution in [1.82, 2.24) is 9.80 Å². The first-order valence-corrected chi connectivity index (χ1v) is 9.97. The lowest BCUT2D eigenvalue weighted by Gasteiger charge is -2.35. The van der Waals surface area contributed by atoms with E-state index in [0.717, 1.165) is 18.9 Å². The zero-order valence-electron chi connectivity index (χ0n) is 15.3. The van der Waals surface area contributed by atoms with Gasteiger partial charge in [-0.3, -0.25) is 9.59 Å². The molecule has 1 saturated heterocycles. The Kier molecular flexibility index (Phi) is 6.92. The summed E-state index contributed by atoms with van der Waals surface area (Å²) in [5.41, 5.74) is 1.31. The molecule has 0 unspecified atom stereocenters. The quantitative estimate of drug-likeness (QED) is 0.668. The van der Waals surface area contributed by atoms with Crippen molar-refractivity contribution >= 4 is 35.0 Å². The third-order valence-electron chi connectivity index (χ3n) is 4.86. The van der Waals surface area contributed by atoms with Crippen molar-refractivity contribution in [2.75, 3.05) is 26.2 Å². The van der Waals surface area contributed by atoms with Gasteiger partial charge in [-0.2, -0.15) is 0 Å². The molecule has 0 aromatic heterocycles. The lowest BCUT2D eigenvalue weighted by atomic mass is 10.1. The zero-order chi connectivity index (χ0) is 20.1. The first kappa shape index (κ1) is 20.6. The van der Waals surface area contributed by atoms with E-state index < -0.39 is 5.82 Å². The molecule has 1 aliphatic rings. The van der Waals surface area contributed by atoms with Gasteiger partial charge in [-0.25, -0.2) is 4.39 Å². The van der Waals surface area contributed by atoms with Gasteiger partial charge < -0.3 is 9.80 Å². The highest BCUT2D eigenvalue weighted by Gasteiger charge is 2.26. The SMILES string of the molecule is O=C(CCCc1ccccc1)N1CCN(C(=O)c2cc(F)c(Cl)cc2Cl)CC1. The molecule has 148 valence electrons. The minimum Gasteiger partial charge on any atom is -0.339 e. The normalized spacial score (nSPS) is 14.2. The average Bonchev–Trinajstić information content (AvgIpc) is 2.71. The van der Waals surface area contributed by atoms with Gasteiger partial charge in [-0.05, 0) is 30.5 Å². The van der Waals surface area contributed by atoms with E-state index in [2.05, 4.69) is 12.1 Å². The van der Waals surface area contributed by atoms with Crippen molar-refractivity contribution in [1.29, 1.82) is 0 Å². The number of halogens is 3. The van der Waals surface area contributed by atoms with E-state index in [1.54, 1.807) is 9.80 Å². The molecule has 0 N–H and O–H groups in total. The van der Waals surface area contributed by atoms with Crippen LogP contribution < -0.4 is 0 Å². The molecule has 2 aromatic carbocycles. The summed E-state index contributed by atoms with van der Waals surface area (Å²) in [6.45, 7) is 1.71. The second-order valence-electron chi connectivity index (χ2n) is 6.76. The van der Waals surface area contributed by atoms with E-state index in [1.165, 1.54) is 11.6 Å². The van der Waals surface area contributed by atoms with Gasteiger partial charge >= 0.3 is 0 Å². The Labute approximate surface area is 173 Å². The number of amides is 2. The summed E-state index contributed by atoms with van der Waals surface area (Å²) in [6.07, 6.45) is 2.14. The van der Waals surface area contributed by atoms with Gasteiger partial charge in [0.25, 0.3) is 5.91 Å². The number of hydrogen-bond donors (Lipinski definition) is 0. The monoisotopic (exact) mass is 422 g/mol. The molecule has 0 saturated carbocycles. The van der Waals surface area contributed by atoms with Gasteiger partial charge in [0.2, 0.25) is 5.91 Å². The van der Waals surface area contributed by atoms with Crippen LogP contribution in [-0.2, 0) is 11.2 Å². The number of nitrogens with zero attached hydrogens (tertiary/aromatic N) is 2. The smallest absolute Gasteiger partial charge is 0.255 e. The first-order valence-electron chi connectivity index (χ1n) is 9.21. The van der Waals surface area contributed by atoms with E-state index in [9.17, 15) is 14.0 Å².